The van der Waals surface area contributed by atoms with Crippen molar-refractivity contribution in [1.29, 1.82) is 0 Å². The average Bonchev–Trinajstić information content (AvgIpc) is 2.13. The average molecular weight is 191 g/mol. The SMILES string of the molecule is CC(C)(OC1CNC1)c1ccccc1. The molecule has 1 saturated heterocycles. The van der Waals surface area contributed by atoms with E-state index in [0.29, 0.717) is 6.10 Å². The molecule has 0 saturated carbocycles. The smallest absolute Gasteiger partial charge is 0.0880 e. The highest BCUT2D eigenvalue weighted by atomic mass is 16.5. The quantitative estimate of drug-likeness (QED) is 0.788. The molecule has 0 amide bonds. The van der Waals surface area contributed by atoms with E-state index in [1.165, 1.54) is 5.56 Å². The lowest BCUT2D eigenvalue weighted by Gasteiger charge is -2.36. The van der Waals surface area contributed by atoms with E-state index in [1.54, 1.807) is 0 Å². The summed E-state index contributed by atoms with van der Waals surface area (Å²) in [5.41, 5.74) is 1.07. The van der Waals surface area contributed by atoms with Crippen LogP contribution < -0.4 is 5.32 Å². The lowest BCUT2D eigenvalue weighted by Crippen LogP contribution is -2.51. The van der Waals surface area contributed by atoms with E-state index in [9.17, 15) is 0 Å². The fourth-order valence-corrected chi connectivity index (χ4v) is 1.67. The Bertz CT molecular complexity index is 290. The van der Waals surface area contributed by atoms with E-state index in [1.807, 2.05) is 6.07 Å². The summed E-state index contributed by atoms with van der Waals surface area (Å²) >= 11 is 0. The molecule has 1 aliphatic rings. The number of benzene rings is 1. The minimum Gasteiger partial charge on any atom is -0.365 e. The molecule has 2 heteroatoms. The van der Waals surface area contributed by atoms with E-state index >= 15 is 0 Å². The molecule has 0 bridgehead atoms. The number of rotatable bonds is 3. The monoisotopic (exact) mass is 191 g/mol. The van der Waals surface area contributed by atoms with E-state index in [4.69, 9.17) is 4.74 Å². The molecule has 1 aromatic rings. The maximum absolute atomic E-state index is 6.00. The molecule has 0 aromatic heterocycles. The van der Waals surface area contributed by atoms with Gasteiger partial charge in [0.2, 0.25) is 0 Å². The van der Waals surface area contributed by atoms with Crippen LogP contribution in [0.2, 0.25) is 0 Å². The standard InChI is InChI=1S/C12H17NO/c1-12(2,14-11-8-13-9-11)10-6-4-3-5-7-10/h3-7,11,13H,8-9H2,1-2H3. The van der Waals surface area contributed by atoms with Crippen LogP contribution in [0.4, 0.5) is 0 Å². The van der Waals surface area contributed by atoms with Gasteiger partial charge in [0.1, 0.15) is 0 Å². The van der Waals surface area contributed by atoms with Gasteiger partial charge in [0.25, 0.3) is 0 Å². The Hall–Kier alpha value is -0.860. The fourth-order valence-electron chi connectivity index (χ4n) is 1.67. The highest BCUT2D eigenvalue weighted by Gasteiger charge is 2.28. The van der Waals surface area contributed by atoms with Crippen molar-refractivity contribution < 1.29 is 4.74 Å². The van der Waals surface area contributed by atoms with Crippen LogP contribution >= 0.6 is 0 Å². The van der Waals surface area contributed by atoms with Crippen molar-refractivity contribution in [3.05, 3.63) is 35.9 Å². The molecule has 1 N–H and O–H groups in total. The van der Waals surface area contributed by atoms with Gasteiger partial charge in [-0.05, 0) is 19.4 Å². The maximum atomic E-state index is 6.00. The molecule has 1 heterocycles. The lowest BCUT2D eigenvalue weighted by atomic mass is 9.97. The molecule has 2 nitrogen and oxygen atoms in total. The summed E-state index contributed by atoms with van der Waals surface area (Å²) in [6, 6.07) is 10.4. The molecular weight excluding hydrogens is 174 g/mol. The number of hydrogen-bond acceptors (Lipinski definition) is 2. The molecule has 0 spiro atoms. The second-order valence-electron chi connectivity index (χ2n) is 4.27. The molecule has 14 heavy (non-hydrogen) atoms. The normalized spacial score (nSPS) is 17.9. The molecule has 0 unspecified atom stereocenters. The lowest BCUT2D eigenvalue weighted by molar-refractivity contribution is -0.0950. The van der Waals surface area contributed by atoms with Gasteiger partial charge in [0.15, 0.2) is 0 Å². The van der Waals surface area contributed by atoms with Gasteiger partial charge >= 0.3 is 0 Å². The minimum absolute atomic E-state index is 0.173. The van der Waals surface area contributed by atoms with Crippen molar-refractivity contribution in [1.82, 2.24) is 5.32 Å². The van der Waals surface area contributed by atoms with Gasteiger partial charge in [-0.3, -0.25) is 0 Å². The highest BCUT2D eigenvalue weighted by molar-refractivity contribution is 5.21. The molecule has 0 radical (unpaired) electrons. The van der Waals surface area contributed by atoms with Gasteiger partial charge in [0, 0.05) is 13.1 Å². The molecule has 2 rings (SSSR count). The third-order valence-corrected chi connectivity index (χ3v) is 2.67. The van der Waals surface area contributed by atoms with Crippen molar-refractivity contribution in [3.63, 3.8) is 0 Å². The molecule has 0 aliphatic carbocycles. The molecule has 76 valence electrons. The fraction of sp³-hybridized carbons (Fsp3) is 0.500. The first-order valence-corrected chi connectivity index (χ1v) is 5.12. The van der Waals surface area contributed by atoms with Crippen LogP contribution in [0, 0.1) is 0 Å². The van der Waals surface area contributed by atoms with Gasteiger partial charge in [-0.1, -0.05) is 30.3 Å². The van der Waals surface area contributed by atoms with Crippen LogP contribution in [0.1, 0.15) is 19.4 Å². The summed E-state index contributed by atoms with van der Waals surface area (Å²) in [5.74, 6) is 0. The Balaban J connectivity index is 2.06. The third kappa shape index (κ3) is 1.97. The molecule has 1 fully saturated rings. The molecular formula is C12H17NO. The Labute approximate surface area is 85.3 Å². The zero-order valence-corrected chi connectivity index (χ0v) is 8.79. The largest absolute Gasteiger partial charge is 0.365 e. The number of nitrogens with one attached hydrogen (secondary N) is 1. The van der Waals surface area contributed by atoms with E-state index in [-0.39, 0.29) is 5.60 Å². The summed E-state index contributed by atoms with van der Waals surface area (Å²) < 4.78 is 6.00. The second-order valence-corrected chi connectivity index (χ2v) is 4.27. The van der Waals surface area contributed by atoms with Crippen LogP contribution in [-0.4, -0.2) is 19.2 Å². The van der Waals surface area contributed by atoms with Gasteiger partial charge in [-0.15, -0.1) is 0 Å². The molecule has 0 atom stereocenters. The maximum Gasteiger partial charge on any atom is 0.0880 e. The third-order valence-electron chi connectivity index (χ3n) is 2.67. The predicted octanol–water partition coefficient (Wildman–Crippen LogP) is 1.91. The number of ether oxygens (including phenoxy) is 1. The Morgan fingerprint density at radius 2 is 1.86 bits per heavy atom. The van der Waals surface area contributed by atoms with Crippen LogP contribution in [0.25, 0.3) is 0 Å². The Kier molecular flexibility index (Phi) is 2.57. The van der Waals surface area contributed by atoms with Gasteiger partial charge in [-0.25, -0.2) is 0 Å². The van der Waals surface area contributed by atoms with Crippen LogP contribution in [0.5, 0.6) is 0 Å². The summed E-state index contributed by atoms with van der Waals surface area (Å²) in [6.45, 7) is 6.22. The Morgan fingerprint density at radius 1 is 1.21 bits per heavy atom. The first kappa shape index (κ1) is 9.69. The van der Waals surface area contributed by atoms with Crippen molar-refractivity contribution in [2.45, 2.75) is 25.6 Å². The van der Waals surface area contributed by atoms with Crippen molar-refractivity contribution in [3.8, 4) is 0 Å². The number of hydrogen-bond donors (Lipinski definition) is 1. The van der Waals surface area contributed by atoms with Gasteiger partial charge in [0.05, 0.1) is 11.7 Å². The Morgan fingerprint density at radius 3 is 2.36 bits per heavy atom. The first-order valence-electron chi connectivity index (χ1n) is 5.12. The zero-order chi connectivity index (χ0) is 10.0. The first-order chi connectivity index (χ1) is 6.68. The van der Waals surface area contributed by atoms with E-state index in [0.717, 1.165) is 13.1 Å². The highest BCUT2D eigenvalue weighted by Crippen LogP contribution is 2.26. The zero-order valence-electron chi connectivity index (χ0n) is 8.79. The van der Waals surface area contributed by atoms with E-state index < -0.39 is 0 Å². The van der Waals surface area contributed by atoms with Gasteiger partial charge in [-0.2, -0.15) is 0 Å². The van der Waals surface area contributed by atoms with Crippen LogP contribution in [0.15, 0.2) is 30.3 Å². The van der Waals surface area contributed by atoms with Crippen molar-refractivity contribution >= 4 is 0 Å². The summed E-state index contributed by atoms with van der Waals surface area (Å²) in [5, 5.41) is 3.21. The topological polar surface area (TPSA) is 21.3 Å². The predicted molar refractivity (Wildman–Crippen MR) is 57.2 cm³/mol. The minimum atomic E-state index is -0.173. The summed E-state index contributed by atoms with van der Waals surface area (Å²) in [7, 11) is 0. The van der Waals surface area contributed by atoms with Crippen molar-refractivity contribution in [2.75, 3.05) is 13.1 Å². The van der Waals surface area contributed by atoms with E-state index in [2.05, 4.69) is 43.4 Å². The molecule has 1 aromatic carbocycles. The summed E-state index contributed by atoms with van der Waals surface area (Å²) in [4.78, 5) is 0. The van der Waals surface area contributed by atoms with Crippen LogP contribution in [-0.2, 0) is 10.3 Å². The van der Waals surface area contributed by atoms with Crippen molar-refractivity contribution in [2.24, 2.45) is 0 Å². The van der Waals surface area contributed by atoms with Crippen LogP contribution in [0.3, 0.4) is 0 Å². The van der Waals surface area contributed by atoms with Gasteiger partial charge < -0.3 is 10.1 Å². The second kappa shape index (κ2) is 3.71. The summed E-state index contributed by atoms with van der Waals surface area (Å²) in [6.07, 6.45) is 0.380. The molecule has 1 aliphatic heterocycles.